The van der Waals surface area contributed by atoms with Gasteiger partial charge in [-0.25, -0.2) is 9.18 Å². The smallest absolute Gasteiger partial charge is 0.405 e. The van der Waals surface area contributed by atoms with Gasteiger partial charge in [0.2, 0.25) is 0 Å². The van der Waals surface area contributed by atoms with Crippen molar-refractivity contribution in [2.24, 2.45) is 5.92 Å². The van der Waals surface area contributed by atoms with E-state index in [1.165, 1.54) is 24.3 Å². The molecule has 2 rings (SSSR count). The van der Waals surface area contributed by atoms with Gasteiger partial charge in [0, 0.05) is 5.56 Å². The van der Waals surface area contributed by atoms with Crippen molar-refractivity contribution in [2.45, 2.75) is 18.9 Å². The molecule has 1 aromatic rings. The third kappa shape index (κ3) is 2.81. The van der Waals surface area contributed by atoms with Crippen LogP contribution in [0.3, 0.4) is 0 Å². The summed E-state index contributed by atoms with van der Waals surface area (Å²) in [5.74, 6) is -0.644. The van der Waals surface area contributed by atoms with Crippen molar-refractivity contribution in [3.63, 3.8) is 0 Å². The van der Waals surface area contributed by atoms with E-state index in [9.17, 15) is 14.0 Å². The van der Waals surface area contributed by atoms with Gasteiger partial charge in [0.15, 0.2) is 5.78 Å². The molecule has 0 aromatic heterocycles. The highest BCUT2D eigenvalue weighted by Gasteiger charge is 2.37. The molecule has 1 atom stereocenters. The van der Waals surface area contributed by atoms with E-state index in [2.05, 4.69) is 5.32 Å². The lowest BCUT2D eigenvalue weighted by molar-refractivity contribution is 0.0924. The molecule has 2 N–H and O–H groups in total. The van der Waals surface area contributed by atoms with Crippen LogP contribution in [0, 0.1) is 11.7 Å². The van der Waals surface area contributed by atoms with Crippen molar-refractivity contribution < 1.29 is 19.1 Å². The van der Waals surface area contributed by atoms with E-state index in [1.54, 1.807) is 0 Å². The second kappa shape index (κ2) is 4.53. The molecular weight excluding hydrogens is 225 g/mol. The van der Waals surface area contributed by atoms with Crippen LogP contribution in [-0.4, -0.2) is 23.0 Å². The van der Waals surface area contributed by atoms with Gasteiger partial charge in [-0.05, 0) is 43.0 Å². The molecule has 0 radical (unpaired) electrons. The molecule has 5 heteroatoms. The second-order valence-electron chi connectivity index (χ2n) is 4.14. The highest BCUT2D eigenvalue weighted by molar-refractivity contribution is 6.01. The van der Waals surface area contributed by atoms with Crippen LogP contribution in [0.25, 0.3) is 0 Å². The summed E-state index contributed by atoms with van der Waals surface area (Å²) in [7, 11) is 0. The average molecular weight is 237 g/mol. The van der Waals surface area contributed by atoms with Crippen LogP contribution in [0.5, 0.6) is 0 Å². The van der Waals surface area contributed by atoms with Crippen molar-refractivity contribution in [3.8, 4) is 0 Å². The molecule has 90 valence electrons. The highest BCUT2D eigenvalue weighted by Crippen LogP contribution is 2.34. The number of hydrogen-bond donors (Lipinski definition) is 2. The quantitative estimate of drug-likeness (QED) is 0.787. The molecule has 0 unspecified atom stereocenters. The Hall–Kier alpha value is -1.91. The van der Waals surface area contributed by atoms with E-state index in [-0.39, 0.29) is 11.7 Å². The fourth-order valence-corrected chi connectivity index (χ4v) is 1.75. The van der Waals surface area contributed by atoms with Gasteiger partial charge in [0.1, 0.15) is 5.82 Å². The second-order valence-corrected chi connectivity index (χ2v) is 4.14. The fraction of sp³-hybridized carbons (Fsp3) is 0.333. The van der Waals surface area contributed by atoms with Crippen LogP contribution >= 0.6 is 0 Å². The number of benzene rings is 1. The van der Waals surface area contributed by atoms with E-state index in [0.29, 0.717) is 5.56 Å². The number of rotatable bonds is 4. The van der Waals surface area contributed by atoms with Crippen molar-refractivity contribution in [3.05, 3.63) is 35.6 Å². The van der Waals surface area contributed by atoms with E-state index >= 15 is 0 Å². The number of amides is 1. The third-order valence-corrected chi connectivity index (χ3v) is 2.78. The van der Waals surface area contributed by atoms with E-state index in [0.717, 1.165) is 12.8 Å². The lowest BCUT2D eigenvalue weighted by Gasteiger charge is -2.14. The van der Waals surface area contributed by atoms with Crippen molar-refractivity contribution in [1.29, 1.82) is 0 Å². The molecule has 0 bridgehead atoms. The predicted molar refractivity (Wildman–Crippen MR) is 58.4 cm³/mol. The Bertz CT molecular complexity index is 440. The monoisotopic (exact) mass is 237 g/mol. The minimum absolute atomic E-state index is 0.0728. The molecule has 1 fully saturated rings. The molecule has 1 saturated carbocycles. The third-order valence-electron chi connectivity index (χ3n) is 2.78. The van der Waals surface area contributed by atoms with Crippen molar-refractivity contribution >= 4 is 11.9 Å². The van der Waals surface area contributed by atoms with E-state index in [1.807, 2.05) is 0 Å². The van der Waals surface area contributed by atoms with Gasteiger partial charge >= 0.3 is 6.09 Å². The van der Waals surface area contributed by atoms with Crippen LogP contribution in [0.4, 0.5) is 9.18 Å². The number of carbonyl (C=O) groups excluding carboxylic acids is 1. The summed E-state index contributed by atoms with van der Waals surface area (Å²) < 4.78 is 12.7. The summed E-state index contributed by atoms with van der Waals surface area (Å²) in [6.45, 7) is 0. The maximum atomic E-state index is 12.7. The van der Waals surface area contributed by atoms with Gasteiger partial charge in [-0.15, -0.1) is 0 Å². The first-order chi connectivity index (χ1) is 8.08. The number of carboxylic acid groups (broad SMARTS) is 1. The molecule has 17 heavy (non-hydrogen) atoms. The minimum atomic E-state index is -1.21. The molecule has 1 amide bonds. The Morgan fingerprint density at radius 2 is 1.88 bits per heavy atom. The van der Waals surface area contributed by atoms with Crippen LogP contribution in [-0.2, 0) is 0 Å². The number of hydrogen-bond acceptors (Lipinski definition) is 2. The first-order valence-corrected chi connectivity index (χ1v) is 5.37. The Kier molecular flexibility index (Phi) is 3.08. The molecule has 1 aliphatic rings. The van der Waals surface area contributed by atoms with Gasteiger partial charge < -0.3 is 10.4 Å². The van der Waals surface area contributed by atoms with Crippen LogP contribution < -0.4 is 5.32 Å². The maximum Gasteiger partial charge on any atom is 0.405 e. The summed E-state index contributed by atoms with van der Waals surface area (Å²) in [6, 6.07) is 4.42. The molecular formula is C12H12FNO3. The Labute approximate surface area is 97.4 Å². The minimum Gasteiger partial charge on any atom is -0.465 e. The molecule has 0 saturated heterocycles. The molecule has 0 aliphatic heterocycles. The zero-order valence-corrected chi connectivity index (χ0v) is 9.02. The summed E-state index contributed by atoms with van der Waals surface area (Å²) in [4.78, 5) is 22.6. The van der Waals surface area contributed by atoms with Crippen molar-refractivity contribution in [1.82, 2.24) is 5.32 Å². The standard InChI is InChI=1S/C12H12FNO3/c13-9-5-3-8(4-6-9)11(15)10(7-1-2-7)14-12(16)17/h3-7,10,14H,1-2H2,(H,16,17)/t10-/m1/s1. The molecule has 0 heterocycles. The first-order valence-electron chi connectivity index (χ1n) is 5.37. The maximum absolute atomic E-state index is 12.7. The molecule has 0 spiro atoms. The zero-order chi connectivity index (χ0) is 12.4. The first kappa shape index (κ1) is 11.6. The fourth-order valence-electron chi connectivity index (χ4n) is 1.75. The SMILES string of the molecule is O=C(O)N[C@@H](C(=O)c1ccc(F)cc1)C1CC1. The summed E-state index contributed by atoms with van der Waals surface area (Å²) in [5.41, 5.74) is 0.331. The number of carbonyl (C=O) groups is 2. The lowest BCUT2D eigenvalue weighted by atomic mass is 10.0. The zero-order valence-electron chi connectivity index (χ0n) is 9.02. The van der Waals surface area contributed by atoms with Crippen LogP contribution in [0.15, 0.2) is 24.3 Å². The predicted octanol–water partition coefficient (Wildman–Crippen LogP) is 2.05. The number of nitrogens with one attached hydrogen (secondary N) is 1. The number of Topliss-reactive ketones (excluding diaryl/α,β-unsaturated/α-hetero) is 1. The molecule has 4 nitrogen and oxygen atoms in total. The van der Waals surface area contributed by atoms with Gasteiger partial charge in [0.25, 0.3) is 0 Å². The van der Waals surface area contributed by atoms with E-state index < -0.39 is 18.0 Å². The topological polar surface area (TPSA) is 66.4 Å². The highest BCUT2D eigenvalue weighted by atomic mass is 19.1. The van der Waals surface area contributed by atoms with Gasteiger partial charge in [0.05, 0.1) is 6.04 Å². The number of halogens is 1. The Morgan fingerprint density at radius 3 is 2.35 bits per heavy atom. The normalized spacial score (nSPS) is 16.3. The summed E-state index contributed by atoms with van der Waals surface area (Å²) in [6.07, 6.45) is 0.479. The van der Waals surface area contributed by atoms with Crippen LogP contribution in [0.1, 0.15) is 23.2 Å². The largest absolute Gasteiger partial charge is 0.465 e. The van der Waals surface area contributed by atoms with Gasteiger partial charge in [-0.1, -0.05) is 0 Å². The average Bonchev–Trinajstić information content (AvgIpc) is 3.09. The van der Waals surface area contributed by atoms with Gasteiger partial charge in [-0.3, -0.25) is 4.79 Å². The van der Waals surface area contributed by atoms with E-state index in [4.69, 9.17) is 5.11 Å². The summed E-state index contributed by atoms with van der Waals surface area (Å²) in [5, 5.41) is 10.9. The molecule has 1 aliphatic carbocycles. The Morgan fingerprint density at radius 1 is 1.29 bits per heavy atom. The lowest BCUT2D eigenvalue weighted by Crippen LogP contribution is -2.41. The Balaban J connectivity index is 2.15. The number of ketones is 1. The molecule has 1 aromatic carbocycles. The van der Waals surface area contributed by atoms with Gasteiger partial charge in [-0.2, -0.15) is 0 Å². The summed E-state index contributed by atoms with van der Waals surface area (Å²) >= 11 is 0. The van der Waals surface area contributed by atoms with Crippen molar-refractivity contribution in [2.75, 3.05) is 0 Å². The van der Waals surface area contributed by atoms with Crippen LogP contribution in [0.2, 0.25) is 0 Å².